The van der Waals surface area contributed by atoms with Crippen LogP contribution in [0.15, 0.2) is 42.9 Å². The lowest BCUT2D eigenvalue weighted by Crippen LogP contribution is -2.06. The number of rotatable bonds is 3. The number of aromatic nitrogens is 2. The van der Waals surface area contributed by atoms with Crippen LogP contribution in [0.3, 0.4) is 0 Å². The molecule has 0 saturated carbocycles. The second-order valence-electron chi connectivity index (χ2n) is 3.84. The second kappa shape index (κ2) is 4.75. The van der Waals surface area contributed by atoms with E-state index in [9.17, 15) is 0 Å². The van der Waals surface area contributed by atoms with Gasteiger partial charge in [-0.3, -0.25) is 9.97 Å². The van der Waals surface area contributed by atoms with E-state index in [-0.39, 0.29) is 6.04 Å². The van der Waals surface area contributed by atoms with Gasteiger partial charge in [0.1, 0.15) is 0 Å². The quantitative estimate of drug-likeness (QED) is 0.851. The molecule has 0 saturated heterocycles. The minimum atomic E-state index is 0.234. The first kappa shape index (κ1) is 10.6. The Hall–Kier alpha value is -1.90. The average Bonchev–Trinajstić information content (AvgIpc) is 2.33. The third kappa shape index (κ3) is 2.57. The fraction of sp³-hybridized carbons (Fsp3) is 0.231. The predicted molar refractivity (Wildman–Crippen MR) is 65.2 cm³/mol. The maximum atomic E-state index is 4.25. The van der Waals surface area contributed by atoms with Crippen LogP contribution in [0.5, 0.6) is 0 Å². The molecule has 0 spiro atoms. The zero-order valence-corrected chi connectivity index (χ0v) is 9.51. The van der Waals surface area contributed by atoms with Crippen molar-refractivity contribution in [3.8, 4) is 0 Å². The monoisotopic (exact) mass is 213 g/mol. The summed E-state index contributed by atoms with van der Waals surface area (Å²) in [5, 5.41) is 3.38. The number of aryl methyl sites for hydroxylation is 1. The number of anilines is 1. The highest BCUT2D eigenvalue weighted by Crippen LogP contribution is 2.17. The first-order chi connectivity index (χ1) is 7.75. The molecule has 2 aromatic rings. The van der Waals surface area contributed by atoms with Gasteiger partial charge in [-0.25, -0.2) is 0 Å². The molecule has 1 atom stereocenters. The summed E-state index contributed by atoms with van der Waals surface area (Å²) >= 11 is 0. The molecular formula is C13H15N3. The highest BCUT2D eigenvalue weighted by molar-refractivity contribution is 5.43. The van der Waals surface area contributed by atoms with E-state index in [2.05, 4.69) is 28.3 Å². The molecule has 0 aliphatic carbocycles. The van der Waals surface area contributed by atoms with Crippen LogP contribution < -0.4 is 5.32 Å². The first-order valence-corrected chi connectivity index (χ1v) is 5.35. The average molecular weight is 213 g/mol. The fourth-order valence-electron chi connectivity index (χ4n) is 1.52. The molecule has 3 nitrogen and oxygen atoms in total. The standard InChI is InChI=1S/C13H15N3/c1-10-5-6-13(9-15-10)16-11(2)12-4-3-7-14-8-12/h3-9,11,16H,1-2H3. The lowest BCUT2D eigenvalue weighted by Gasteiger charge is -2.14. The van der Waals surface area contributed by atoms with Gasteiger partial charge in [0.05, 0.1) is 17.9 Å². The van der Waals surface area contributed by atoms with Crippen molar-refractivity contribution < 1.29 is 0 Å². The summed E-state index contributed by atoms with van der Waals surface area (Å²) in [4.78, 5) is 8.35. The van der Waals surface area contributed by atoms with Crippen molar-refractivity contribution in [2.24, 2.45) is 0 Å². The molecule has 3 heteroatoms. The van der Waals surface area contributed by atoms with Crippen molar-refractivity contribution in [2.75, 3.05) is 5.32 Å². The van der Waals surface area contributed by atoms with E-state index in [1.54, 1.807) is 6.20 Å². The predicted octanol–water partition coefficient (Wildman–Crippen LogP) is 2.96. The van der Waals surface area contributed by atoms with Gasteiger partial charge in [-0.1, -0.05) is 6.07 Å². The minimum absolute atomic E-state index is 0.234. The number of nitrogens with one attached hydrogen (secondary N) is 1. The molecule has 0 amide bonds. The highest BCUT2D eigenvalue weighted by atomic mass is 14.9. The molecule has 2 aromatic heterocycles. The van der Waals surface area contributed by atoms with Crippen LogP contribution in [0.1, 0.15) is 24.2 Å². The van der Waals surface area contributed by atoms with Gasteiger partial charge >= 0.3 is 0 Å². The number of hydrogen-bond acceptors (Lipinski definition) is 3. The van der Waals surface area contributed by atoms with Crippen molar-refractivity contribution in [1.29, 1.82) is 0 Å². The smallest absolute Gasteiger partial charge is 0.0531 e. The summed E-state index contributed by atoms with van der Waals surface area (Å²) < 4.78 is 0. The third-order valence-corrected chi connectivity index (χ3v) is 2.48. The van der Waals surface area contributed by atoms with Gasteiger partial charge in [0.25, 0.3) is 0 Å². The van der Waals surface area contributed by atoms with Crippen LogP contribution in [0.4, 0.5) is 5.69 Å². The summed E-state index contributed by atoms with van der Waals surface area (Å²) in [5.41, 5.74) is 3.23. The zero-order valence-electron chi connectivity index (χ0n) is 9.51. The van der Waals surface area contributed by atoms with Gasteiger partial charge in [0.2, 0.25) is 0 Å². The summed E-state index contributed by atoms with van der Waals surface area (Å²) in [6.45, 7) is 4.09. The van der Waals surface area contributed by atoms with Crippen molar-refractivity contribution in [2.45, 2.75) is 19.9 Å². The zero-order chi connectivity index (χ0) is 11.4. The Morgan fingerprint density at radius 2 is 2.06 bits per heavy atom. The summed E-state index contributed by atoms with van der Waals surface area (Å²) in [6.07, 6.45) is 5.51. The normalized spacial score (nSPS) is 12.1. The Morgan fingerprint density at radius 3 is 2.69 bits per heavy atom. The Morgan fingerprint density at radius 1 is 1.19 bits per heavy atom. The summed E-state index contributed by atoms with van der Waals surface area (Å²) in [7, 11) is 0. The molecule has 0 bridgehead atoms. The lowest BCUT2D eigenvalue weighted by atomic mass is 10.1. The van der Waals surface area contributed by atoms with E-state index in [1.807, 2.05) is 37.5 Å². The molecule has 0 aliphatic rings. The van der Waals surface area contributed by atoms with E-state index in [0.29, 0.717) is 0 Å². The van der Waals surface area contributed by atoms with Crippen molar-refractivity contribution in [1.82, 2.24) is 9.97 Å². The molecular weight excluding hydrogens is 198 g/mol. The Labute approximate surface area is 95.6 Å². The SMILES string of the molecule is Cc1ccc(NC(C)c2cccnc2)cn1. The van der Waals surface area contributed by atoms with Crippen LogP contribution in [-0.2, 0) is 0 Å². The number of pyridine rings is 2. The molecule has 2 rings (SSSR count). The van der Waals surface area contributed by atoms with Gasteiger partial charge in [-0.05, 0) is 37.6 Å². The second-order valence-corrected chi connectivity index (χ2v) is 3.84. The van der Waals surface area contributed by atoms with Gasteiger partial charge in [-0.15, -0.1) is 0 Å². The highest BCUT2D eigenvalue weighted by Gasteiger charge is 2.04. The van der Waals surface area contributed by atoms with E-state index in [0.717, 1.165) is 11.4 Å². The maximum absolute atomic E-state index is 4.25. The topological polar surface area (TPSA) is 37.8 Å². The van der Waals surface area contributed by atoms with E-state index < -0.39 is 0 Å². The van der Waals surface area contributed by atoms with Crippen molar-refractivity contribution in [3.63, 3.8) is 0 Å². The molecule has 1 unspecified atom stereocenters. The third-order valence-electron chi connectivity index (χ3n) is 2.48. The number of hydrogen-bond donors (Lipinski definition) is 1. The molecule has 16 heavy (non-hydrogen) atoms. The van der Waals surface area contributed by atoms with Crippen molar-refractivity contribution in [3.05, 3.63) is 54.1 Å². The lowest BCUT2D eigenvalue weighted by molar-refractivity contribution is 0.873. The number of nitrogens with zero attached hydrogens (tertiary/aromatic N) is 2. The minimum Gasteiger partial charge on any atom is -0.377 e. The largest absolute Gasteiger partial charge is 0.377 e. The Bertz CT molecular complexity index is 436. The van der Waals surface area contributed by atoms with Crippen LogP contribution >= 0.6 is 0 Å². The van der Waals surface area contributed by atoms with Gasteiger partial charge < -0.3 is 5.32 Å². The summed E-state index contributed by atoms with van der Waals surface area (Å²) in [6, 6.07) is 8.28. The molecule has 1 N–H and O–H groups in total. The van der Waals surface area contributed by atoms with E-state index in [1.165, 1.54) is 5.56 Å². The molecule has 0 fully saturated rings. The molecule has 82 valence electrons. The Kier molecular flexibility index (Phi) is 3.15. The van der Waals surface area contributed by atoms with Crippen LogP contribution in [0.25, 0.3) is 0 Å². The van der Waals surface area contributed by atoms with Gasteiger partial charge in [0.15, 0.2) is 0 Å². The van der Waals surface area contributed by atoms with E-state index in [4.69, 9.17) is 0 Å². The Balaban J connectivity index is 2.08. The maximum Gasteiger partial charge on any atom is 0.0531 e. The van der Waals surface area contributed by atoms with Crippen LogP contribution in [0.2, 0.25) is 0 Å². The molecule has 2 heterocycles. The molecule has 0 radical (unpaired) electrons. The summed E-state index contributed by atoms with van der Waals surface area (Å²) in [5.74, 6) is 0. The van der Waals surface area contributed by atoms with Crippen molar-refractivity contribution >= 4 is 5.69 Å². The van der Waals surface area contributed by atoms with Gasteiger partial charge in [-0.2, -0.15) is 0 Å². The fourth-order valence-corrected chi connectivity index (χ4v) is 1.52. The van der Waals surface area contributed by atoms with Crippen LogP contribution in [0, 0.1) is 6.92 Å². The molecule has 0 aliphatic heterocycles. The van der Waals surface area contributed by atoms with Gasteiger partial charge in [0, 0.05) is 18.1 Å². The first-order valence-electron chi connectivity index (χ1n) is 5.35. The van der Waals surface area contributed by atoms with E-state index >= 15 is 0 Å². The molecule has 0 aromatic carbocycles. The van der Waals surface area contributed by atoms with Crippen LogP contribution in [-0.4, -0.2) is 9.97 Å².